The molecule has 18 heavy (non-hydrogen) atoms. The van der Waals surface area contributed by atoms with Gasteiger partial charge in [-0.1, -0.05) is 19.1 Å². The summed E-state index contributed by atoms with van der Waals surface area (Å²) < 4.78 is 44.7. The van der Waals surface area contributed by atoms with Gasteiger partial charge in [0, 0.05) is 6.54 Å². The van der Waals surface area contributed by atoms with Gasteiger partial charge in [0.05, 0.1) is 0 Å². The monoisotopic (exact) mass is 263 g/mol. The SMILES string of the molecule is CCNCc1ccc(OCOCC(F)(F)F)cc1. The molecule has 0 bridgehead atoms. The zero-order valence-electron chi connectivity index (χ0n) is 10.1. The van der Waals surface area contributed by atoms with Crippen LogP contribution in [-0.2, 0) is 11.3 Å². The highest BCUT2D eigenvalue weighted by atomic mass is 19.4. The Kier molecular flexibility index (Phi) is 5.94. The molecule has 3 nitrogen and oxygen atoms in total. The molecule has 0 heterocycles. The lowest BCUT2D eigenvalue weighted by atomic mass is 10.2. The molecule has 6 heteroatoms. The van der Waals surface area contributed by atoms with Crippen molar-refractivity contribution < 1.29 is 22.6 Å². The molecule has 1 N–H and O–H groups in total. The maximum absolute atomic E-state index is 11.8. The Morgan fingerprint density at radius 2 is 1.83 bits per heavy atom. The van der Waals surface area contributed by atoms with Crippen molar-refractivity contribution in [1.82, 2.24) is 5.32 Å². The van der Waals surface area contributed by atoms with Gasteiger partial charge in [-0.3, -0.25) is 0 Å². The highest BCUT2D eigenvalue weighted by Crippen LogP contribution is 2.15. The summed E-state index contributed by atoms with van der Waals surface area (Å²) in [5.74, 6) is 0.484. The molecule has 1 rings (SSSR count). The van der Waals surface area contributed by atoms with Crippen LogP contribution in [0.4, 0.5) is 13.2 Å². The number of rotatable bonds is 7. The van der Waals surface area contributed by atoms with Gasteiger partial charge in [0.15, 0.2) is 6.79 Å². The fraction of sp³-hybridized carbons (Fsp3) is 0.500. The van der Waals surface area contributed by atoms with Gasteiger partial charge < -0.3 is 14.8 Å². The van der Waals surface area contributed by atoms with Crippen molar-refractivity contribution in [3.05, 3.63) is 29.8 Å². The van der Waals surface area contributed by atoms with Crippen LogP contribution in [0.25, 0.3) is 0 Å². The Bertz CT molecular complexity index is 338. The van der Waals surface area contributed by atoms with Crippen LogP contribution in [0, 0.1) is 0 Å². The minimum Gasteiger partial charge on any atom is -0.468 e. The zero-order chi connectivity index (χ0) is 13.4. The summed E-state index contributed by atoms with van der Waals surface area (Å²) >= 11 is 0. The third-order valence-electron chi connectivity index (χ3n) is 2.08. The summed E-state index contributed by atoms with van der Waals surface area (Å²) in [5, 5.41) is 3.16. The quantitative estimate of drug-likeness (QED) is 0.606. The number of alkyl halides is 3. The van der Waals surface area contributed by atoms with Gasteiger partial charge in [-0.25, -0.2) is 0 Å². The highest BCUT2D eigenvalue weighted by molar-refractivity contribution is 5.27. The number of benzene rings is 1. The zero-order valence-corrected chi connectivity index (χ0v) is 10.1. The number of halogens is 3. The molecule has 0 atom stereocenters. The van der Waals surface area contributed by atoms with E-state index in [1.165, 1.54) is 0 Å². The van der Waals surface area contributed by atoms with Gasteiger partial charge >= 0.3 is 6.18 Å². The third-order valence-corrected chi connectivity index (χ3v) is 2.08. The van der Waals surface area contributed by atoms with E-state index < -0.39 is 19.6 Å². The topological polar surface area (TPSA) is 30.5 Å². The Balaban J connectivity index is 2.26. The third kappa shape index (κ3) is 6.46. The van der Waals surface area contributed by atoms with Gasteiger partial charge in [0.25, 0.3) is 0 Å². The molecule has 1 aromatic rings. The average molecular weight is 263 g/mol. The Morgan fingerprint density at radius 3 is 2.39 bits per heavy atom. The second-order valence-electron chi connectivity index (χ2n) is 3.65. The van der Waals surface area contributed by atoms with Crippen LogP contribution in [0.2, 0.25) is 0 Å². The molecule has 0 aliphatic heterocycles. The minimum atomic E-state index is -4.32. The first-order valence-corrected chi connectivity index (χ1v) is 5.58. The van der Waals surface area contributed by atoms with Crippen LogP contribution < -0.4 is 10.1 Å². The summed E-state index contributed by atoms with van der Waals surface area (Å²) in [6.45, 7) is 1.93. The van der Waals surface area contributed by atoms with E-state index in [2.05, 4.69) is 10.1 Å². The van der Waals surface area contributed by atoms with Crippen molar-refractivity contribution in [3.8, 4) is 5.75 Å². The molecule has 1 aromatic carbocycles. The molecule has 0 amide bonds. The van der Waals surface area contributed by atoms with Crippen molar-refractivity contribution in [2.45, 2.75) is 19.6 Å². The number of ether oxygens (including phenoxy) is 2. The van der Waals surface area contributed by atoms with Gasteiger partial charge in [0.2, 0.25) is 0 Å². The smallest absolute Gasteiger partial charge is 0.411 e. The molecule has 0 aliphatic carbocycles. The van der Waals surface area contributed by atoms with E-state index in [-0.39, 0.29) is 0 Å². The van der Waals surface area contributed by atoms with E-state index in [1.807, 2.05) is 19.1 Å². The van der Waals surface area contributed by atoms with Gasteiger partial charge in [-0.05, 0) is 24.2 Å². The molecule has 0 aliphatic rings. The van der Waals surface area contributed by atoms with Crippen molar-refractivity contribution in [2.24, 2.45) is 0 Å². The van der Waals surface area contributed by atoms with Crippen LogP contribution in [0.15, 0.2) is 24.3 Å². The summed E-state index contributed by atoms with van der Waals surface area (Å²) in [4.78, 5) is 0. The fourth-order valence-corrected chi connectivity index (χ4v) is 1.24. The highest BCUT2D eigenvalue weighted by Gasteiger charge is 2.27. The van der Waals surface area contributed by atoms with Crippen LogP contribution in [0.3, 0.4) is 0 Å². The lowest BCUT2D eigenvalue weighted by Crippen LogP contribution is -2.19. The van der Waals surface area contributed by atoms with Crippen molar-refractivity contribution in [3.63, 3.8) is 0 Å². The van der Waals surface area contributed by atoms with Gasteiger partial charge in [-0.2, -0.15) is 13.2 Å². The summed E-state index contributed by atoms with van der Waals surface area (Å²) in [6, 6.07) is 7.09. The first-order valence-electron chi connectivity index (χ1n) is 5.58. The van der Waals surface area contributed by atoms with Crippen LogP contribution in [-0.4, -0.2) is 26.1 Å². The Morgan fingerprint density at radius 1 is 1.17 bits per heavy atom. The van der Waals surface area contributed by atoms with Crippen molar-refractivity contribution in [1.29, 1.82) is 0 Å². The standard InChI is InChI=1S/C12H16F3NO2/c1-2-16-7-10-3-5-11(6-4-10)18-9-17-8-12(13,14)15/h3-6,16H,2,7-9H2,1H3. The van der Waals surface area contributed by atoms with Crippen molar-refractivity contribution >= 4 is 0 Å². The van der Waals surface area contributed by atoms with E-state index in [1.54, 1.807) is 12.1 Å². The van der Waals surface area contributed by atoms with E-state index >= 15 is 0 Å². The molecule has 0 unspecified atom stereocenters. The second-order valence-corrected chi connectivity index (χ2v) is 3.65. The predicted octanol–water partition coefficient (Wildman–Crippen LogP) is 2.71. The largest absolute Gasteiger partial charge is 0.468 e. The second kappa shape index (κ2) is 7.23. The number of hydrogen-bond donors (Lipinski definition) is 1. The van der Waals surface area contributed by atoms with E-state index in [9.17, 15) is 13.2 Å². The van der Waals surface area contributed by atoms with Crippen molar-refractivity contribution in [2.75, 3.05) is 19.9 Å². The van der Waals surface area contributed by atoms with Crippen LogP contribution in [0.5, 0.6) is 5.75 Å². The fourth-order valence-electron chi connectivity index (χ4n) is 1.24. The molecule has 0 saturated heterocycles. The summed E-state index contributed by atoms with van der Waals surface area (Å²) in [6.07, 6.45) is -4.32. The molecule has 0 aromatic heterocycles. The van der Waals surface area contributed by atoms with E-state index in [0.29, 0.717) is 5.75 Å². The van der Waals surface area contributed by atoms with E-state index in [4.69, 9.17) is 4.74 Å². The van der Waals surface area contributed by atoms with Gasteiger partial charge in [0.1, 0.15) is 12.4 Å². The number of nitrogens with one attached hydrogen (secondary N) is 1. The number of hydrogen-bond acceptors (Lipinski definition) is 3. The maximum atomic E-state index is 11.8. The molecule has 0 fully saturated rings. The predicted molar refractivity (Wildman–Crippen MR) is 61.3 cm³/mol. The van der Waals surface area contributed by atoms with E-state index in [0.717, 1.165) is 18.7 Å². The molecule has 0 saturated carbocycles. The first-order chi connectivity index (χ1) is 8.51. The van der Waals surface area contributed by atoms with Gasteiger partial charge in [-0.15, -0.1) is 0 Å². The Labute approximate surface area is 104 Å². The molecule has 102 valence electrons. The van der Waals surface area contributed by atoms with Crippen LogP contribution >= 0.6 is 0 Å². The first kappa shape index (κ1) is 14.8. The average Bonchev–Trinajstić information content (AvgIpc) is 2.32. The Hall–Kier alpha value is -1.27. The molecule has 0 spiro atoms. The lowest BCUT2D eigenvalue weighted by molar-refractivity contribution is -0.186. The normalized spacial score (nSPS) is 11.6. The molecular formula is C12H16F3NO2. The maximum Gasteiger partial charge on any atom is 0.411 e. The molecular weight excluding hydrogens is 247 g/mol. The van der Waals surface area contributed by atoms with Crippen LogP contribution in [0.1, 0.15) is 12.5 Å². The lowest BCUT2D eigenvalue weighted by Gasteiger charge is -2.09. The summed E-state index contributed by atoms with van der Waals surface area (Å²) in [5.41, 5.74) is 1.08. The summed E-state index contributed by atoms with van der Waals surface area (Å²) in [7, 11) is 0. The molecule has 0 radical (unpaired) electrons. The minimum absolute atomic E-state index is 0.411.